The smallest absolute Gasteiger partial charge is 0.325 e. The van der Waals surface area contributed by atoms with Crippen LogP contribution in [0.4, 0.5) is 18.9 Å². The van der Waals surface area contributed by atoms with Crippen molar-refractivity contribution >= 4 is 23.4 Å². The van der Waals surface area contributed by atoms with E-state index in [4.69, 9.17) is 5.26 Å². The third-order valence-electron chi connectivity index (χ3n) is 2.73. The lowest BCUT2D eigenvalue weighted by Gasteiger charge is -2.11. The Balaban J connectivity index is 2.07. The van der Waals surface area contributed by atoms with Crippen LogP contribution >= 0.6 is 11.8 Å². The summed E-state index contributed by atoms with van der Waals surface area (Å²) in [7, 11) is 0. The van der Waals surface area contributed by atoms with E-state index < -0.39 is 11.9 Å². The minimum atomic E-state index is -4.50. The first kappa shape index (κ1) is 16.9. The summed E-state index contributed by atoms with van der Waals surface area (Å²) in [5.74, 6) is 0.0616. The van der Waals surface area contributed by atoms with E-state index in [9.17, 15) is 18.0 Å². The average Bonchev–Trinajstić information content (AvgIpc) is 2.98. The van der Waals surface area contributed by atoms with E-state index in [1.807, 2.05) is 6.07 Å². The van der Waals surface area contributed by atoms with Gasteiger partial charge >= 0.3 is 6.18 Å². The van der Waals surface area contributed by atoms with E-state index in [1.165, 1.54) is 36.0 Å². The number of benzene rings is 1. The molecule has 0 aliphatic heterocycles. The molecule has 1 aromatic carbocycles. The first-order chi connectivity index (χ1) is 10.9. The van der Waals surface area contributed by atoms with Crippen molar-refractivity contribution in [3.63, 3.8) is 0 Å². The summed E-state index contributed by atoms with van der Waals surface area (Å²) in [6, 6.07) is 8.64. The zero-order valence-corrected chi connectivity index (χ0v) is 12.5. The fraction of sp³-hybridized carbons (Fsp3) is 0.214. The molecule has 0 spiro atoms. The molecule has 0 fully saturated rings. The third-order valence-corrected chi connectivity index (χ3v) is 3.53. The standard InChI is InChI=1S/C14H11F3N4OS/c15-14(16,17)12-5-7-19-21(12)11-3-1-10(2-4-11)20-13(22)9-23-8-6-18/h1-5,7H,8-9H2,(H,20,22). The molecule has 9 heteroatoms. The van der Waals surface area contributed by atoms with E-state index in [1.54, 1.807) is 0 Å². The number of thioether (sulfide) groups is 1. The van der Waals surface area contributed by atoms with Crippen molar-refractivity contribution < 1.29 is 18.0 Å². The number of aromatic nitrogens is 2. The van der Waals surface area contributed by atoms with Crippen LogP contribution in [0.25, 0.3) is 5.69 Å². The number of anilines is 1. The normalized spacial score (nSPS) is 11.0. The van der Waals surface area contributed by atoms with Crippen molar-refractivity contribution in [1.82, 2.24) is 9.78 Å². The Labute approximate surface area is 134 Å². The zero-order chi connectivity index (χ0) is 16.9. The summed E-state index contributed by atoms with van der Waals surface area (Å²) < 4.78 is 39.3. The number of nitriles is 1. The number of halogens is 3. The lowest BCUT2D eigenvalue weighted by molar-refractivity contribution is -0.142. The minimum absolute atomic E-state index is 0.132. The number of carbonyl (C=O) groups excluding carboxylic acids is 1. The molecular weight excluding hydrogens is 329 g/mol. The van der Waals surface area contributed by atoms with Crippen LogP contribution in [0.3, 0.4) is 0 Å². The maximum absolute atomic E-state index is 12.8. The zero-order valence-electron chi connectivity index (χ0n) is 11.7. The number of rotatable bonds is 5. The van der Waals surface area contributed by atoms with Gasteiger partial charge in [0.05, 0.1) is 29.5 Å². The molecule has 2 aromatic rings. The van der Waals surface area contributed by atoms with Crippen molar-refractivity contribution in [1.29, 1.82) is 5.26 Å². The Morgan fingerprint density at radius 1 is 1.30 bits per heavy atom. The van der Waals surface area contributed by atoms with Crippen LogP contribution in [0.15, 0.2) is 36.5 Å². The van der Waals surface area contributed by atoms with E-state index in [0.717, 1.165) is 16.9 Å². The van der Waals surface area contributed by atoms with Gasteiger partial charge < -0.3 is 5.32 Å². The Bertz CT molecular complexity index is 719. The molecule has 5 nitrogen and oxygen atoms in total. The molecule has 1 N–H and O–H groups in total. The highest BCUT2D eigenvalue weighted by Gasteiger charge is 2.35. The second-order valence-electron chi connectivity index (χ2n) is 4.37. The van der Waals surface area contributed by atoms with Gasteiger partial charge in [-0.25, -0.2) is 4.68 Å². The summed E-state index contributed by atoms with van der Waals surface area (Å²) in [6.07, 6.45) is -3.42. The van der Waals surface area contributed by atoms with E-state index in [0.29, 0.717) is 5.69 Å². The highest BCUT2D eigenvalue weighted by Crippen LogP contribution is 2.30. The topological polar surface area (TPSA) is 70.7 Å². The average molecular weight is 340 g/mol. The van der Waals surface area contributed by atoms with Gasteiger partial charge in [0.2, 0.25) is 5.91 Å². The Hall–Kier alpha value is -2.47. The minimum Gasteiger partial charge on any atom is -0.325 e. The lowest BCUT2D eigenvalue weighted by atomic mass is 10.2. The van der Waals surface area contributed by atoms with Gasteiger partial charge in [0.25, 0.3) is 0 Å². The molecule has 23 heavy (non-hydrogen) atoms. The largest absolute Gasteiger partial charge is 0.433 e. The van der Waals surface area contributed by atoms with Gasteiger partial charge in [-0.3, -0.25) is 4.79 Å². The van der Waals surface area contributed by atoms with Gasteiger partial charge in [0.15, 0.2) is 0 Å². The SMILES string of the molecule is N#CCSCC(=O)Nc1ccc(-n2nccc2C(F)(F)F)cc1. The molecule has 0 saturated carbocycles. The van der Waals surface area contributed by atoms with Gasteiger partial charge in [-0.15, -0.1) is 11.8 Å². The van der Waals surface area contributed by atoms with Gasteiger partial charge in [0, 0.05) is 5.69 Å². The number of amides is 1. The predicted molar refractivity (Wildman–Crippen MR) is 80.1 cm³/mol. The summed E-state index contributed by atoms with van der Waals surface area (Å²) in [5, 5.41) is 14.6. The number of hydrogen-bond donors (Lipinski definition) is 1. The third kappa shape index (κ3) is 4.50. The molecule has 2 rings (SSSR count). The monoisotopic (exact) mass is 340 g/mol. The summed E-state index contributed by atoms with van der Waals surface area (Å²) in [6.45, 7) is 0. The van der Waals surface area contributed by atoms with Crippen LogP contribution in [0.1, 0.15) is 5.69 Å². The molecule has 0 aliphatic carbocycles. The number of nitrogens with zero attached hydrogens (tertiary/aromatic N) is 3. The molecule has 1 heterocycles. The molecule has 0 unspecified atom stereocenters. The number of alkyl halides is 3. The van der Waals surface area contributed by atoms with Crippen LogP contribution in [0.5, 0.6) is 0 Å². The number of hydrogen-bond acceptors (Lipinski definition) is 4. The summed E-state index contributed by atoms with van der Waals surface area (Å²) >= 11 is 1.17. The second-order valence-corrected chi connectivity index (χ2v) is 5.36. The van der Waals surface area contributed by atoms with E-state index in [2.05, 4.69) is 10.4 Å². The molecule has 0 saturated heterocycles. The molecule has 0 radical (unpaired) electrons. The highest BCUT2D eigenvalue weighted by atomic mass is 32.2. The van der Waals surface area contributed by atoms with Gasteiger partial charge in [0.1, 0.15) is 5.69 Å². The molecule has 0 atom stereocenters. The Kier molecular flexibility index (Phi) is 5.28. The maximum atomic E-state index is 12.8. The molecule has 0 aliphatic rings. The molecule has 1 amide bonds. The Morgan fingerprint density at radius 2 is 2.00 bits per heavy atom. The maximum Gasteiger partial charge on any atom is 0.433 e. The summed E-state index contributed by atoms with van der Waals surface area (Å²) in [4.78, 5) is 11.6. The van der Waals surface area contributed by atoms with E-state index in [-0.39, 0.29) is 23.1 Å². The van der Waals surface area contributed by atoms with Crippen LogP contribution < -0.4 is 5.32 Å². The van der Waals surface area contributed by atoms with Gasteiger partial charge in [-0.05, 0) is 30.3 Å². The van der Waals surface area contributed by atoms with Crippen LogP contribution in [0, 0.1) is 11.3 Å². The van der Waals surface area contributed by atoms with Crippen molar-refractivity contribution in [2.75, 3.05) is 16.8 Å². The summed E-state index contributed by atoms with van der Waals surface area (Å²) in [5.41, 5.74) is -0.182. The van der Waals surface area contributed by atoms with Crippen LogP contribution in [-0.4, -0.2) is 27.2 Å². The highest BCUT2D eigenvalue weighted by molar-refractivity contribution is 8.00. The van der Waals surface area contributed by atoms with Crippen molar-refractivity contribution in [3.8, 4) is 11.8 Å². The van der Waals surface area contributed by atoms with Crippen molar-refractivity contribution in [2.24, 2.45) is 0 Å². The molecule has 1 aromatic heterocycles. The van der Waals surface area contributed by atoms with Crippen LogP contribution in [0.2, 0.25) is 0 Å². The van der Waals surface area contributed by atoms with Crippen molar-refractivity contribution in [2.45, 2.75) is 6.18 Å². The first-order valence-corrected chi connectivity index (χ1v) is 7.53. The molecule has 120 valence electrons. The van der Waals surface area contributed by atoms with Gasteiger partial charge in [-0.1, -0.05) is 0 Å². The van der Waals surface area contributed by atoms with Gasteiger partial charge in [-0.2, -0.15) is 23.5 Å². The number of carbonyl (C=O) groups is 1. The second kappa shape index (κ2) is 7.19. The Morgan fingerprint density at radius 3 is 2.61 bits per heavy atom. The van der Waals surface area contributed by atoms with E-state index >= 15 is 0 Å². The lowest BCUT2D eigenvalue weighted by Crippen LogP contribution is -2.15. The van der Waals surface area contributed by atoms with Crippen LogP contribution in [-0.2, 0) is 11.0 Å². The molecule has 0 bridgehead atoms. The predicted octanol–water partition coefficient (Wildman–Crippen LogP) is 3.09. The van der Waals surface area contributed by atoms with Crippen molar-refractivity contribution in [3.05, 3.63) is 42.2 Å². The quantitative estimate of drug-likeness (QED) is 0.849. The first-order valence-electron chi connectivity index (χ1n) is 6.38. The molecular formula is C14H11F3N4OS. The fourth-order valence-corrected chi connectivity index (χ4v) is 2.25. The fourth-order valence-electron chi connectivity index (χ4n) is 1.80. The number of nitrogens with one attached hydrogen (secondary N) is 1.